The van der Waals surface area contributed by atoms with Gasteiger partial charge in [0.15, 0.2) is 9.84 Å². The molecular weight excluding hydrogens is 364 g/mol. The van der Waals surface area contributed by atoms with E-state index in [0.717, 1.165) is 19.4 Å². The molecule has 0 spiro atoms. The minimum absolute atomic E-state index is 0. The minimum atomic E-state index is -3.51. The third-order valence-electron chi connectivity index (χ3n) is 4.41. The van der Waals surface area contributed by atoms with Gasteiger partial charge in [-0.2, -0.15) is 0 Å². The Hall–Kier alpha value is -1.31. The molecule has 2 unspecified atom stereocenters. The lowest BCUT2D eigenvalue weighted by atomic mass is 10.1. The lowest BCUT2D eigenvalue weighted by Gasteiger charge is -2.27. The maximum absolute atomic E-state index is 12.7. The second-order valence-corrected chi connectivity index (χ2v) is 8.28. The van der Waals surface area contributed by atoms with Crippen LogP contribution in [0.15, 0.2) is 29.2 Å². The maximum Gasteiger partial charge on any atom is 0.226 e. The molecule has 25 heavy (non-hydrogen) atoms. The number of likely N-dealkylation sites (N-methyl/N-ethyl adjacent to an activating group) is 1. The number of rotatable bonds is 7. The van der Waals surface area contributed by atoms with E-state index in [-0.39, 0.29) is 35.0 Å². The largest absolute Gasteiger partial charge is 0.497 e. The standard InChI is InChI=1S/C17H26N2O4S.ClH/c1-13(17(20)19-10-4-5-14(19)11-18-2)12-24(21,22)16-8-6-15(23-3)7-9-16;/h6-9,13-14,18H,4-5,10-12H2,1-3H3;1H. The van der Waals surface area contributed by atoms with Crippen LogP contribution in [0.5, 0.6) is 5.75 Å². The molecule has 2 rings (SSSR count). The van der Waals surface area contributed by atoms with Gasteiger partial charge in [-0.15, -0.1) is 12.4 Å². The van der Waals surface area contributed by atoms with Crippen molar-refractivity contribution in [2.75, 3.05) is 33.0 Å². The zero-order valence-corrected chi connectivity index (χ0v) is 16.5. The Kier molecular flexibility index (Phi) is 8.18. The molecule has 1 saturated heterocycles. The number of ether oxygens (including phenoxy) is 1. The summed E-state index contributed by atoms with van der Waals surface area (Å²) >= 11 is 0. The minimum Gasteiger partial charge on any atom is -0.497 e. The molecule has 6 nitrogen and oxygen atoms in total. The van der Waals surface area contributed by atoms with Crippen LogP contribution in [-0.2, 0) is 14.6 Å². The Labute approximate surface area is 156 Å². The van der Waals surface area contributed by atoms with Gasteiger partial charge in [-0.25, -0.2) is 8.42 Å². The molecule has 1 N–H and O–H groups in total. The van der Waals surface area contributed by atoms with Crippen molar-refractivity contribution in [1.82, 2.24) is 10.2 Å². The van der Waals surface area contributed by atoms with Gasteiger partial charge in [-0.3, -0.25) is 4.79 Å². The lowest BCUT2D eigenvalue weighted by Crippen LogP contribution is -2.44. The predicted octanol–water partition coefficient (Wildman–Crippen LogP) is 1.74. The van der Waals surface area contributed by atoms with Crippen molar-refractivity contribution < 1.29 is 17.9 Å². The van der Waals surface area contributed by atoms with E-state index in [9.17, 15) is 13.2 Å². The highest BCUT2D eigenvalue weighted by Gasteiger charge is 2.33. The molecule has 1 aliphatic heterocycles. The van der Waals surface area contributed by atoms with Crippen molar-refractivity contribution in [1.29, 1.82) is 0 Å². The monoisotopic (exact) mass is 390 g/mol. The number of carbonyl (C=O) groups is 1. The number of hydrogen-bond donors (Lipinski definition) is 1. The highest BCUT2D eigenvalue weighted by atomic mass is 35.5. The van der Waals surface area contributed by atoms with Crippen molar-refractivity contribution >= 4 is 28.2 Å². The number of carbonyl (C=O) groups excluding carboxylic acids is 1. The van der Waals surface area contributed by atoms with E-state index in [1.807, 2.05) is 11.9 Å². The Morgan fingerprint density at radius 2 is 2.00 bits per heavy atom. The van der Waals surface area contributed by atoms with Gasteiger partial charge in [0.1, 0.15) is 5.75 Å². The molecule has 1 aromatic rings. The molecule has 0 bridgehead atoms. The molecule has 1 fully saturated rings. The molecule has 1 heterocycles. The molecule has 0 radical (unpaired) electrons. The van der Waals surface area contributed by atoms with Gasteiger partial charge in [0.25, 0.3) is 0 Å². The van der Waals surface area contributed by atoms with Gasteiger partial charge in [0, 0.05) is 25.0 Å². The van der Waals surface area contributed by atoms with Crippen LogP contribution in [-0.4, -0.2) is 58.3 Å². The van der Waals surface area contributed by atoms with Crippen LogP contribution >= 0.6 is 12.4 Å². The van der Waals surface area contributed by atoms with Crippen molar-refractivity contribution in [3.05, 3.63) is 24.3 Å². The van der Waals surface area contributed by atoms with Crippen molar-refractivity contribution in [3.63, 3.8) is 0 Å². The predicted molar refractivity (Wildman–Crippen MR) is 100 cm³/mol. The molecule has 8 heteroatoms. The highest BCUT2D eigenvalue weighted by Crippen LogP contribution is 2.22. The molecule has 1 aliphatic rings. The molecule has 0 saturated carbocycles. The summed E-state index contributed by atoms with van der Waals surface area (Å²) in [6, 6.07) is 6.43. The van der Waals surface area contributed by atoms with Crippen molar-refractivity contribution in [2.24, 2.45) is 5.92 Å². The Bertz CT molecular complexity index is 664. The van der Waals surface area contributed by atoms with Gasteiger partial charge in [0.05, 0.1) is 17.8 Å². The summed E-state index contributed by atoms with van der Waals surface area (Å²) in [5.74, 6) is -0.217. The molecule has 0 aromatic heterocycles. The summed E-state index contributed by atoms with van der Waals surface area (Å²) < 4.78 is 30.1. The van der Waals surface area contributed by atoms with E-state index >= 15 is 0 Å². The Balaban J connectivity index is 0.00000312. The molecule has 2 atom stereocenters. The van der Waals surface area contributed by atoms with Gasteiger partial charge in [-0.1, -0.05) is 6.92 Å². The smallest absolute Gasteiger partial charge is 0.226 e. The van der Waals surface area contributed by atoms with E-state index in [1.54, 1.807) is 19.1 Å². The van der Waals surface area contributed by atoms with Gasteiger partial charge >= 0.3 is 0 Å². The molecule has 142 valence electrons. The van der Waals surface area contributed by atoms with E-state index in [2.05, 4.69) is 5.32 Å². The van der Waals surface area contributed by atoms with E-state index in [0.29, 0.717) is 12.3 Å². The molecule has 1 amide bonds. The fraction of sp³-hybridized carbons (Fsp3) is 0.588. The number of nitrogens with zero attached hydrogens (tertiary/aromatic N) is 1. The Morgan fingerprint density at radius 1 is 1.36 bits per heavy atom. The van der Waals surface area contributed by atoms with E-state index in [1.165, 1.54) is 19.2 Å². The number of sulfone groups is 1. The van der Waals surface area contributed by atoms with E-state index in [4.69, 9.17) is 4.74 Å². The van der Waals surface area contributed by atoms with Crippen LogP contribution in [0.4, 0.5) is 0 Å². The first-order valence-electron chi connectivity index (χ1n) is 8.21. The molecule has 0 aliphatic carbocycles. The van der Waals surface area contributed by atoms with E-state index < -0.39 is 15.8 Å². The van der Waals surface area contributed by atoms with Crippen LogP contribution in [0.3, 0.4) is 0 Å². The molecule has 1 aromatic carbocycles. The number of benzene rings is 1. The summed E-state index contributed by atoms with van der Waals surface area (Å²) in [5.41, 5.74) is 0. The zero-order valence-electron chi connectivity index (χ0n) is 14.9. The van der Waals surface area contributed by atoms with Crippen molar-refractivity contribution in [3.8, 4) is 5.75 Å². The van der Waals surface area contributed by atoms with Crippen molar-refractivity contribution in [2.45, 2.75) is 30.7 Å². The number of likely N-dealkylation sites (tertiary alicyclic amines) is 1. The summed E-state index contributed by atoms with van der Waals surface area (Å²) in [4.78, 5) is 14.7. The van der Waals surface area contributed by atoms with Crippen LogP contribution in [0.2, 0.25) is 0 Å². The lowest BCUT2D eigenvalue weighted by molar-refractivity contribution is -0.135. The maximum atomic E-state index is 12.7. The van der Waals surface area contributed by atoms with Gasteiger partial charge < -0.3 is 15.0 Å². The number of methoxy groups -OCH3 is 1. The average Bonchev–Trinajstić information content (AvgIpc) is 3.02. The fourth-order valence-electron chi connectivity index (χ4n) is 3.14. The zero-order chi connectivity index (χ0) is 17.7. The second kappa shape index (κ2) is 9.40. The second-order valence-electron chi connectivity index (χ2n) is 6.24. The highest BCUT2D eigenvalue weighted by molar-refractivity contribution is 7.91. The summed E-state index contributed by atoms with van der Waals surface area (Å²) in [6.45, 7) is 3.14. The third kappa shape index (κ3) is 5.33. The first kappa shape index (κ1) is 21.7. The summed E-state index contributed by atoms with van der Waals surface area (Å²) in [5, 5.41) is 3.09. The first-order valence-corrected chi connectivity index (χ1v) is 9.86. The Morgan fingerprint density at radius 3 is 2.56 bits per heavy atom. The normalized spacial score (nSPS) is 18.5. The van der Waals surface area contributed by atoms with Crippen LogP contribution in [0.25, 0.3) is 0 Å². The van der Waals surface area contributed by atoms with Crippen LogP contribution < -0.4 is 10.1 Å². The average molecular weight is 391 g/mol. The first-order chi connectivity index (χ1) is 11.4. The number of halogens is 1. The third-order valence-corrected chi connectivity index (χ3v) is 6.34. The van der Waals surface area contributed by atoms with Gasteiger partial charge in [-0.05, 0) is 44.2 Å². The summed E-state index contributed by atoms with van der Waals surface area (Å²) in [6.07, 6.45) is 1.93. The quantitative estimate of drug-likeness (QED) is 0.767. The summed E-state index contributed by atoms with van der Waals surface area (Å²) in [7, 11) is -0.118. The van der Waals surface area contributed by atoms with Crippen LogP contribution in [0.1, 0.15) is 19.8 Å². The fourth-order valence-corrected chi connectivity index (χ4v) is 4.68. The number of nitrogens with one attached hydrogen (secondary N) is 1. The SMILES string of the molecule is CNCC1CCCN1C(=O)C(C)CS(=O)(=O)c1ccc(OC)cc1.Cl. The topological polar surface area (TPSA) is 75.7 Å². The number of amides is 1. The molecular formula is C17H27ClN2O4S. The number of hydrogen-bond acceptors (Lipinski definition) is 5. The van der Waals surface area contributed by atoms with Gasteiger partial charge in [0.2, 0.25) is 5.91 Å². The van der Waals surface area contributed by atoms with Crippen LogP contribution in [0, 0.1) is 5.92 Å².